The first-order valence-corrected chi connectivity index (χ1v) is 11.1. The van der Waals surface area contributed by atoms with E-state index in [1.54, 1.807) is 7.11 Å². The fourth-order valence-corrected chi connectivity index (χ4v) is 4.36. The van der Waals surface area contributed by atoms with Gasteiger partial charge in [0.25, 0.3) is 0 Å². The highest BCUT2D eigenvalue weighted by Gasteiger charge is 2.36. The van der Waals surface area contributed by atoms with Crippen molar-refractivity contribution < 1.29 is 9.84 Å². The van der Waals surface area contributed by atoms with Crippen molar-refractivity contribution in [2.24, 2.45) is 10.4 Å². The second-order valence-corrected chi connectivity index (χ2v) is 8.58. The van der Waals surface area contributed by atoms with Crippen LogP contribution in [0.4, 0.5) is 0 Å². The number of methoxy groups -OCH3 is 1. The molecule has 30 heavy (non-hydrogen) atoms. The van der Waals surface area contributed by atoms with Crippen LogP contribution in [0.15, 0.2) is 29.3 Å². The summed E-state index contributed by atoms with van der Waals surface area (Å²) >= 11 is 0. The van der Waals surface area contributed by atoms with Gasteiger partial charge in [-0.3, -0.25) is 9.89 Å². The first-order chi connectivity index (χ1) is 14.1. The Morgan fingerprint density at radius 2 is 2.03 bits per heavy atom. The minimum Gasteiger partial charge on any atom is -0.390 e. The highest BCUT2D eigenvalue weighted by Crippen LogP contribution is 2.44. The van der Waals surface area contributed by atoms with E-state index in [1.165, 1.54) is 30.4 Å². The summed E-state index contributed by atoms with van der Waals surface area (Å²) in [5.74, 6) is 0.805. The van der Waals surface area contributed by atoms with Crippen LogP contribution in [-0.4, -0.2) is 68.5 Å². The average Bonchev–Trinajstić information content (AvgIpc) is 2.70. The average molecular weight is 530 g/mol. The number of benzene rings is 1. The zero-order valence-corrected chi connectivity index (χ0v) is 20.9. The molecule has 0 spiro atoms. The molecule has 3 N–H and O–H groups in total. The summed E-state index contributed by atoms with van der Waals surface area (Å²) in [5, 5.41) is 17.2. The molecule has 0 aromatic heterocycles. The minimum absolute atomic E-state index is 0. The van der Waals surface area contributed by atoms with Crippen LogP contribution in [0.3, 0.4) is 0 Å². The van der Waals surface area contributed by atoms with Crippen molar-refractivity contribution in [2.75, 3.05) is 46.4 Å². The zero-order chi connectivity index (χ0) is 20.5. The number of aliphatic hydroxyl groups excluding tert-OH is 1. The molecule has 6 nitrogen and oxygen atoms in total. The predicted molar refractivity (Wildman–Crippen MR) is 134 cm³/mol. The van der Waals surface area contributed by atoms with Gasteiger partial charge in [-0.25, -0.2) is 0 Å². The number of aliphatic hydroxyl groups is 1. The largest absolute Gasteiger partial charge is 0.390 e. The quantitative estimate of drug-likeness (QED) is 0.247. The van der Waals surface area contributed by atoms with Crippen molar-refractivity contribution in [1.29, 1.82) is 0 Å². The van der Waals surface area contributed by atoms with E-state index in [0.717, 1.165) is 51.6 Å². The number of ether oxygens (including phenoxy) is 1. The normalized spacial score (nSPS) is 19.2. The second-order valence-electron chi connectivity index (χ2n) is 8.58. The van der Waals surface area contributed by atoms with Crippen molar-refractivity contribution in [3.8, 4) is 0 Å². The number of hydrogen-bond donors (Lipinski definition) is 3. The van der Waals surface area contributed by atoms with Crippen LogP contribution in [0.2, 0.25) is 0 Å². The van der Waals surface area contributed by atoms with E-state index in [2.05, 4.69) is 46.7 Å². The molecule has 7 heteroatoms. The predicted octanol–water partition coefficient (Wildman–Crippen LogP) is 2.79. The molecule has 2 aliphatic rings. The number of aliphatic imine (C=N–C) groups is 1. The van der Waals surface area contributed by atoms with E-state index in [0.29, 0.717) is 18.5 Å². The molecule has 1 unspecified atom stereocenters. The van der Waals surface area contributed by atoms with Gasteiger partial charge in [0.05, 0.1) is 6.10 Å². The molecule has 0 radical (unpaired) electrons. The molecule has 1 aliphatic carbocycles. The Morgan fingerprint density at radius 3 is 2.70 bits per heavy atom. The highest BCUT2D eigenvalue weighted by molar-refractivity contribution is 14.0. The summed E-state index contributed by atoms with van der Waals surface area (Å²) in [4.78, 5) is 7.16. The van der Waals surface area contributed by atoms with Crippen molar-refractivity contribution in [1.82, 2.24) is 15.5 Å². The number of hydrogen-bond acceptors (Lipinski definition) is 4. The summed E-state index contributed by atoms with van der Waals surface area (Å²) < 4.78 is 5.28. The zero-order valence-electron chi connectivity index (χ0n) is 18.5. The van der Waals surface area contributed by atoms with Gasteiger partial charge >= 0.3 is 0 Å². The van der Waals surface area contributed by atoms with Crippen molar-refractivity contribution in [3.05, 3.63) is 35.4 Å². The Kier molecular flexibility index (Phi) is 10.8. The number of halogens is 1. The summed E-state index contributed by atoms with van der Waals surface area (Å²) in [6, 6.07) is 8.62. The first kappa shape index (κ1) is 25.4. The Balaban J connectivity index is 0.00000320. The number of nitrogens with zero attached hydrogens (tertiary/aromatic N) is 2. The number of fused-ring (bicyclic) bond motifs is 1. The Labute approximate surface area is 198 Å². The highest BCUT2D eigenvalue weighted by atomic mass is 127. The maximum absolute atomic E-state index is 10.6. The molecule has 0 amide bonds. The summed E-state index contributed by atoms with van der Waals surface area (Å²) in [6.45, 7) is 7.63. The number of nitrogens with one attached hydrogen (secondary N) is 2. The molecule has 1 saturated carbocycles. The Bertz CT molecular complexity index is 666. The van der Waals surface area contributed by atoms with Gasteiger partial charge in [-0.05, 0) is 49.1 Å². The third kappa shape index (κ3) is 7.35. The molecular formula is C23H39IN4O2. The summed E-state index contributed by atoms with van der Waals surface area (Å²) in [5.41, 5.74) is 3.13. The molecule has 1 atom stereocenters. The third-order valence-electron chi connectivity index (χ3n) is 6.35. The molecule has 1 aliphatic heterocycles. The van der Waals surface area contributed by atoms with Gasteiger partial charge in [-0.2, -0.15) is 0 Å². The van der Waals surface area contributed by atoms with Gasteiger partial charge in [0.15, 0.2) is 5.96 Å². The van der Waals surface area contributed by atoms with Gasteiger partial charge in [0.1, 0.15) is 0 Å². The van der Waals surface area contributed by atoms with Crippen molar-refractivity contribution in [2.45, 2.75) is 51.7 Å². The maximum atomic E-state index is 10.6. The second kappa shape index (κ2) is 12.8. The summed E-state index contributed by atoms with van der Waals surface area (Å²) in [7, 11) is 1.77. The van der Waals surface area contributed by atoms with Crippen LogP contribution in [-0.2, 0) is 17.7 Å². The molecule has 3 rings (SSSR count). The Morgan fingerprint density at radius 1 is 1.27 bits per heavy atom. The van der Waals surface area contributed by atoms with E-state index in [9.17, 15) is 5.11 Å². The molecule has 1 fully saturated rings. The molecule has 1 heterocycles. The van der Waals surface area contributed by atoms with E-state index in [-0.39, 0.29) is 24.0 Å². The maximum Gasteiger partial charge on any atom is 0.191 e. The lowest BCUT2D eigenvalue weighted by molar-refractivity contribution is 0.0778. The smallest absolute Gasteiger partial charge is 0.191 e. The molecular weight excluding hydrogens is 491 g/mol. The standard InChI is InChI=1S/C23H38N4O2.HI/c1-3-24-22(26-18-23(10-6-11-23)12-14-29-2)25-15-21(28)17-27-13-9-19-7-4-5-8-20(19)16-27;/h4-5,7-8,21,28H,3,6,9-18H2,1-2H3,(H2,24,25,26);1H. The van der Waals surface area contributed by atoms with Crippen molar-refractivity contribution in [3.63, 3.8) is 0 Å². The molecule has 1 aromatic carbocycles. The van der Waals surface area contributed by atoms with E-state index < -0.39 is 6.10 Å². The van der Waals surface area contributed by atoms with Crippen molar-refractivity contribution >= 4 is 29.9 Å². The lowest BCUT2D eigenvalue weighted by atomic mass is 9.67. The van der Waals surface area contributed by atoms with Gasteiger partial charge in [-0.15, -0.1) is 24.0 Å². The van der Waals surface area contributed by atoms with Crippen LogP contribution in [0, 0.1) is 5.41 Å². The SMILES string of the molecule is CCNC(=NCC1(CCOC)CCC1)NCC(O)CN1CCc2ccccc2C1.I. The van der Waals surface area contributed by atoms with Crippen LogP contribution < -0.4 is 10.6 Å². The minimum atomic E-state index is -0.421. The van der Waals surface area contributed by atoms with E-state index in [1.807, 2.05) is 0 Å². The fraction of sp³-hybridized carbons (Fsp3) is 0.696. The molecule has 0 bridgehead atoms. The molecule has 1 aromatic rings. The number of β-amino-alcohol motifs (C(OH)–C–C–N with tert-alkyl or cyclic N) is 1. The van der Waals surface area contributed by atoms with Gasteiger partial charge in [0.2, 0.25) is 0 Å². The van der Waals surface area contributed by atoms with Crippen LogP contribution >= 0.6 is 24.0 Å². The number of rotatable bonds is 10. The van der Waals surface area contributed by atoms with Gasteiger partial charge in [-0.1, -0.05) is 30.7 Å². The fourth-order valence-electron chi connectivity index (χ4n) is 4.36. The molecule has 170 valence electrons. The first-order valence-electron chi connectivity index (χ1n) is 11.1. The topological polar surface area (TPSA) is 69.1 Å². The van der Waals surface area contributed by atoms with Gasteiger partial charge in [0, 0.05) is 53.0 Å². The van der Waals surface area contributed by atoms with Crippen LogP contribution in [0.25, 0.3) is 0 Å². The lowest BCUT2D eigenvalue weighted by Gasteiger charge is -2.40. The number of guanidine groups is 1. The summed E-state index contributed by atoms with van der Waals surface area (Å²) in [6.07, 6.45) is 5.47. The van der Waals surface area contributed by atoms with E-state index in [4.69, 9.17) is 9.73 Å². The van der Waals surface area contributed by atoms with Crippen LogP contribution in [0.5, 0.6) is 0 Å². The Hall–Kier alpha value is -0.900. The monoisotopic (exact) mass is 530 g/mol. The molecule has 0 saturated heterocycles. The van der Waals surface area contributed by atoms with Crippen LogP contribution in [0.1, 0.15) is 43.7 Å². The van der Waals surface area contributed by atoms with Gasteiger partial charge < -0.3 is 20.5 Å². The van der Waals surface area contributed by atoms with E-state index >= 15 is 0 Å². The lowest BCUT2D eigenvalue weighted by Crippen LogP contribution is -2.46. The third-order valence-corrected chi connectivity index (χ3v) is 6.35.